The zero-order valence-electron chi connectivity index (χ0n) is 10.7. The van der Waals surface area contributed by atoms with Gasteiger partial charge in [0.2, 0.25) is 0 Å². The number of benzene rings is 1. The molecule has 0 N–H and O–H groups in total. The molecule has 0 heterocycles. The zero-order valence-corrected chi connectivity index (χ0v) is 10.7. The molecule has 0 amide bonds. The fourth-order valence-corrected chi connectivity index (χ4v) is 4.24. The van der Waals surface area contributed by atoms with Crippen LogP contribution in [-0.4, -0.2) is 6.29 Å². The Kier molecular flexibility index (Phi) is 2.23. The van der Waals surface area contributed by atoms with E-state index < -0.39 is 0 Å². The van der Waals surface area contributed by atoms with Crippen LogP contribution in [0, 0.1) is 11.3 Å². The van der Waals surface area contributed by atoms with Crippen LogP contribution in [0.4, 0.5) is 0 Å². The van der Waals surface area contributed by atoms with Gasteiger partial charge in [-0.15, -0.1) is 0 Å². The van der Waals surface area contributed by atoms with Gasteiger partial charge >= 0.3 is 0 Å². The number of carbonyl (C=O) groups excluding carboxylic acids is 1. The van der Waals surface area contributed by atoms with E-state index in [0.29, 0.717) is 5.92 Å². The molecule has 1 fully saturated rings. The third kappa shape index (κ3) is 1.34. The lowest BCUT2D eigenvalue weighted by Crippen LogP contribution is -2.45. The highest BCUT2D eigenvalue weighted by atomic mass is 16.1. The quantitative estimate of drug-likeness (QED) is 0.672. The third-order valence-corrected chi connectivity index (χ3v) is 5.13. The van der Waals surface area contributed by atoms with Crippen molar-refractivity contribution in [3.05, 3.63) is 35.4 Å². The first kappa shape index (κ1) is 11.0. The van der Waals surface area contributed by atoms with Crippen molar-refractivity contribution in [2.75, 3.05) is 0 Å². The maximum atomic E-state index is 11.8. The van der Waals surface area contributed by atoms with Crippen LogP contribution in [-0.2, 0) is 16.6 Å². The van der Waals surface area contributed by atoms with E-state index in [0.717, 1.165) is 12.8 Å². The Morgan fingerprint density at radius 3 is 2.76 bits per heavy atom. The summed E-state index contributed by atoms with van der Waals surface area (Å²) in [6.45, 7) is 4.67. The minimum atomic E-state index is -0.182. The maximum absolute atomic E-state index is 11.8. The van der Waals surface area contributed by atoms with Crippen molar-refractivity contribution in [1.82, 2.24) is 0 Å². The molecule has 3 rings (SSSR count). The molecule has 0 aromatic heterocycles. The summed E-state index contributed by atoms with van der Waals surface area (Å²) in [4.78, 5) is 11.8. The first-order chi connectivity index (χ1) is 8.10. The zero-order chi connectivity index (χ0) is 12.1. The molecule has 0 unspecified atom stereocenters. The van der Waals surface area contributed by atoms with Crippen LogP contribution in [0.15, 0.2) is 24.3 Å². The normalized spacial score (nSPS) is 33.9. The van der Waals surface area contributed by atoms with Crippen molar-refractivity contribution in [2.24, 2.45) is 11.3 Å². The highest BCUT2D eigenvalue weighted by molar-refractivity contribution is 5.73. The van der Waals surface area contributed by atoms with Gasteiger partial charge in [0.25, 0.3) is 0 Å². The average molecular weight is 228 g/mol. The van der Waals surface area contributed by atoms with Gasteiger partial charge in [-0.25, -0.2) is 0 Å². The van der Waals surface area contributed by atoms with E-state index in [1.165, 1.54) is 30.3 Å². The Hall–Kier alpha value is -1.11. The van der Waals surface area contributed by atoms with Gasteiger partial charge in [-0.2, -0.15) is 0 Å². The van der Waals surface area contributed by atoms with E-state index in [-0.39, 0.29) is 10.8 Å². The summed E-state index contributed by atoms with van der Waals surface area (Å²) in [6.07, 6.45) is 5.81. The molecule has 1 nitrogen and oxygen atoms in total. The average Bonchev–Trinajstić information content (AvgIpc) is 2.66. The lowest BCUT2D eigenvalue weighted by atomic mass is 9.56. The summed E-state index contributed by atoms with van der Waals surface area (Å²) < 4.78 is 0. The second kappa shape index (κ2) is 3.44. The summed E-state index contributed by atoms with van der Waals surface area (Å²) in [5, 5.41) is 0. The number of rotatable bonds is 1. The lowest BCUT2D eigenvalue weighted by Gasteiger charge is -2.46. The second-order valence-electron chi connectivity index (χ2n) is 6.41. The van der Waals surface area contributed by atoms with Crippen molar-refractivity contribution in [1.29, 1.82) is 0 Å². The summed E-state index contributed by atoms with van der Waals surface area (Å²) in [6, 6.07) is 8.55. The lowest BCUT2D eigenvalue weighted by molar-refractivity contribution is -0.118. The number of aldehydes is 1. The molecule has 0 spiro atoms. The molecule has 0 aliphatic heterocycles. The summed E-state index contributed by atoms with van der Waals surface area (Å²) >= 11 is 0. The summed E-state index contributed by atoms with van der Waals surface area (Å²) in [5.74, 6) is 0.499. The predicted molar refractivity (Wildman–Crippen MR) is 69.0 cm³/mol. The summed E-state index contributed by atoms with van der Waals surface area (Å²) in [7, 11) is 0. The molecule has 17 heavy (non-hydrogen) atoms. The van der Waals surface area contributed by atoms with Gasteiger partial charge in [0, 0.05) is 0 Å². The highest BCUT2D eigenvalue weighted by Gasteiger charge is 2.54. The van der Waals surface area contributed by atoms with E-state index in [1.54, 1.807) is 0 Å². The molecule has 0 saturated heterocycles. The molecule has 2 aliphatic rings. The van der Waals surface area contributed by atoms with Crippen LogP contribution >= 0.6 is 0 Å². The van der Waals surface area contributed by atoms with E-state index >= 15 is 0 Å². The largest absolute Gasteiger partial charge is 0.302 e. The molecule has 1 aromatic rings. The first-order valence-corrected chi connectivity index (χ1v) is 6.65. The SMILES string of the molecule is CC1(C)CCC[C@]2(C=O)c3ccccc3C[C@H]12. The third-order valence-electron chi connectivity index (χ3n) is 5.13. The van der Waals surface area contributed by atoms with E-state index in [4.69, 9.17) is 0 Å². The summed E-state index contributed by atoms with van der Waals surface area (Å²) in [5.41, 5.74) is 2.82. The Bertz CT molecular complexity index is 460. The molecule has 90 valence electrons. The Morgan fingerprint density at radius 1 is 1.24 bits per heavy atom. The first-order valence-electron chi connectivity index (χ1n) is 6.65. The van der Waals surface area contributed by atoms with Crippen molar-refractivity contribution >= 4 is 6.29 Å². The van der Waals surface area contributed by atoms with Crippen molar-refractivity contribution in [3.8, 4) is 0 Å². The van der Waals surface area contributed by atoms with E-state index in [2.05, 4.69) is 38.1 Å². The van der Waals surface area contributed by atoms with Gasteiger partial charge in [0.1, 0.15) is 6.29 Å². The molecule has 1 aromatic carbocycles. The Morgan fingerprint density at radius 2 is 2.00 bits per heavy atom. The Labute approximate surface area is 103 Å². The van der Waals surface area contributed by atoms with Crippen LogP contribution in [0.2, 0.25) is 0 Å². The number of fused-ring (bicyclic) bond motifs is 3. The molecule has 0 radical (unpaired) electrons. The monoisotopic (exact) mass is 228 g/mol. The highest BCUT2D eigenvalue weighted by Crippen LogP contribution is 2.57. The predicted octanol–water partition coefficient (Wildman–Crippen LogP) is 3.51. The Balaban J connectivity index is 2.18. The maximum Gasteiger partial charge on any atom is 0.130 e. The standard InChI is InChI=1S/C16H20O/c1-15(2)8-5-9-16(11-17)13-7-4-3-6-12(13)10-14(15)16/h3-4,6-7,11,14H,5,8-10H2,1-2H3/t14-,16+/m1/s1. The van der Waals surface area contributed by atoms with Gasteiger partial charge in [0.05, 0.1) is 5.41 Å². The van der Waals surface area contributed by atoms with Gasteiger partial charge in [-0.05, 0) is 41.7 Å². The fourth-order valence-electron chi connectivity index (χ4n) is 4.24. The van der Waals surface area contributed by atoms with Crippen LogP contribution in [0.1, 0.15) is 44.2 Å². The fraction of sp³-hybridized carbons (Fsp3) is 0.562. The van der Waals surface area contributed by atoms with E-state index in [1.807, 2.05) is 0 Å². The number of hydrogen-bond acceptors (Lipinski definition) is 1. The van der Waals surface area contributed by atoms with Gasteiger partial charge < -0.3 is 4.79 Å². The molecule has 1 heteroatoms. The minimum Gasteiger partial charge on any atom is -0.302 e. The molecular formula is C16H20O. The molecule has 2 aliphatic carbocycles. The van der Waals surface area contributed by atoms with Crippen LogP contribution in [0.5, 0.6) is 0 Å². The minimum absolute atomic E-state index is 0.182. The van der Waals surface area contributed by atoms with Crippen LogP contribution < -0.4 is 0 Å². The number of carbonyl (C=O) groups is 1. The van der Waals surface area contributed by atoms with Crippen molar-refractivity contribution < 1.29 is 4.79 Å². The number of hydrogen-bond donors (Lipinski definition) is 0. The smallest absolute Gasteiger partial charge is 0.130 e. The molecule has 2 atom stereocenters. The van der Waals surface area contributed by atoms with Crippen LogP contribution in [0.25, 0.3) is 0 Å². The molecular weight excluding hydrogens is 208 g/mol. The second-order valence-corrected chi connectivity index (χ2v) is 6.41. The van der Waals surface area contributed by atoms with Gasteiger partial charge in [-0.1, -0.05) is 44.5 Å². The van der Waals surface area contributed by atoms with Crippen LogP contribution in [0.3, 0.4) is 0 Å². The van der Waals surface area contributed by atoms with Crippen molar-refractivity contribution in [3.63, 3.8) is 0 Å². The van der Waals surface area contributed by atoms with Gasteiger partial charge in [-0.3, -0.25) is 0 Å². The van der Waals surface area contributed by atoms with Crippen molar-refractivity contribution in [2.45, 2.75) is 44.9 Å². The topological polar surface area (TPSA) is 17.1 Å². The van der Waals surface area contributed by atoms with E-state index in [9.17, 15) is 4.79 Å². The molecule has 0 bridgehead atoms. The molecule has 1 saturated carbocycles. The van der Waals surface area contributed by atoms with Gasteiger partial charge in [0.15, 0.2) is 0 Å².